The van der Waals surface area contributed by atoms with E-state index in [2.05, 4.69) is 10.2 Å². The van der Waals surface area contributed by atoms with Gasteiger partial charge >= 0.3 is 0 Å². The molecule has 0 aliphatic heterocycles. The van der Waals surface area contributed by atoms with Crippen molar-refractivity contribution in [2.75, 3.05) is 23.9 Å². The van der Waals surface area contributed by atoms with Gasteiger partial charge in [0.05, 0.1) is 7.11 Å². The second-order valence-corrected chi connectivity index (χ2v) is 7.82. The van der Waals surface area contributed by atoms with Crippen LogP contribution in [-0.2, 0) is 0 Å². The lowest BCUT2D eigenvalue weighted by Crippen LogP contribution is -2.32. The molecule has 0 heterocycles. The Morgan fingerprint density at radius 2 is 1.70 bits per heavy atom. The standard InChI is InChI=1S/C26H23FN2O4/c1-16(17-5-3-6-18(27)13-17)15-29(20-9-11-22(33-2)12-10-20)21-8-4-7-19(14-21)28-23-24(30)26(32)25(23)31/h3-14,16,28,30H,15H2,1-2H3. The number of aromatic hydroxyl groups is 1. The molecule has 4 rings (SSSR count). The fraction of sp³-hybridized carbons (Fsp3) is 0.154. The summed E-state index contributed by atoms with van der Waals surface area (Å²) in [5.41, 5.74) is 1.38. The molecule has 1 atom stereocenters. The Bertz CT molecular complexity index is 1340. The number of halogens is 1. The molecule has 7 heteroatoms. The number of ether oxygens (including phenoxy) is 1. The molecule has 33 heavy (non-hydrogen) atoms. The van der Waals surface area contributed by atoms with E-state index in [0.29, 0.717) is 12.2 Å². The maximum absolute atomic E-state index is 13.8. The first kappa shape index (κ1) is 22.1. The van der Waals surface area contributed by atoms with Crippen LogP contribution >= 0.6 is 0 Å². The van der Waals surface area contributed by atoms with Crippen LogP contribution in [0, 0.1) is 5.82 Å². The number of methoxy groups -OCH3 is 1. The maximum Gasteiger partial charge on any atom is 0.271 e. The summed E-state index contributed by atoms with van der Waals surface area (Å²) < 4.78 is 19.1. The molecule has 0 aromatic heterocycles. The summed E-state index contributed by atoms with van der Waals surface area (Å²) in [6, 6.07) is 21.4. The van der Waals surface area contributed by atoms with Gasteiger partial charge in [-0.05, 0) is 66.1 Å². The summed E-state index contributed by atoms with van der Waals surface area (Å²) in [5, 5.41) is 12.5. The van der Waals surface area contributed by atoms with Gasteiger partial charge in [-0.3, -0.25) is 9.59 Å². The van der Waals surface area contributed by atoms with Crippen LogP contribution in [0.4, 0.5) is 27.1 Å². The van der Waals surface area contributed by atoms with Crippen LogP contribution in [0.1, 0.15) is 18.4 Å². The number of anilines is 4. The van der Waals surface area contributed by atoms with E-state index in [9.17, 15) is 19.1 Å². The van der Waals surface area contributed by atoms with E-state index in [1.807, 2.05) is 55.5 Å². The molecule has 0 fully saturated rings. The van der Waals surface area contributed by atoms with Gasteiger partial charge in [0.15, 0.2) is 5.75 Å². The number of hydrogen-bond acceptors (Lipinski definition) is 6. The van der Waals surface area contributed by atoms with Gasteiger partial charge in [0.25, 0.3) is 10.9 Å². The molecule has 0 spiro atoms. The first-order chi connectivity index (χ1) is 15.9. The molecule has 0 aliphatic carbocycles. The van der Waals surface area contributed by atoms with E-state index in [0.717, 1.165) is 22.7 Å². The molecule has 0 amide bonds. The number of nitrogens with zero attached hydrogens (tertiary/aromatic N) is 1. The molecule has 0 saturated carbocycles. The van der Waals surface area contributed by atoms with Gasteiger partial charge in [-0.25, -0.2) is 4.39 Å². The predicted molar refractivity (Wildman–Crippen MR) is 128 cm³/mol. The molecule has 6 nitrogen and oxygen atoms in total. The highest BCUT2D eigenvalue weighted by Crippen LogP contribution is 2.33. The van der Waals surface area contributed by atoms with Crippen molar-refractivity contribution in [1.29, 1.82) is 0 Å². The van der Waals surface area contributed by atoms with Crippen molar-refractivity contribution in [1.82, 2.24) is 0 Å². The quantitative estimate of drug-likeness (QED) is 0.378. The SMILES string of the molecule is COc1ccc(N(CC(C)c2cccc(F)c2)c2cccc(Nc3c(O)c(=O)c3=O)c2)cc1. The Morgan fingerprint density at radius 3 is 2.36 bits per heavy atom. The third kappa shape index (κ3) is 4.57. The Labute approximate surface area is 190 Å². The van der Waals surface area contributed by atoms with Crippen LogP contribution in [-0.4, -0.2) is 18.8 Å². The number of hydrogen-bond donors (Lipinski definition) is 2. The van der Waals surface area contributed by atoms with Crippen LogP contribution in [0.25, 0.3) is 0 Å². The van der Waals surface area contributed by atoms with Gasteiger partial charge in [0, 0.05) is 23.6 Å². The van der Waals surface area contributed by atoms with Crippen LogP contribution in [0.15, 0.2) is 82.4 Å². The van der Waals surface area contributed by atoms with Crippen molar-refractivity contribution in [2.24, 2.45) is 0 Å². The topological polar surface area (TPSA) is 78.9 Å². The van der Waals surface area contributed by atoms with Gasteiger partial charge in [-0.15, -0.1) is 0 Å². The van der Waals surface area contributed by atoms with Crippen molar-refractivity contribution in [2.45, 2.75) is 12.8 Å². The zero-order valence-electron chi connectivity index (χ0n) is 18.2. The molecule has 1 unspecified atom stereocenters. The van der Waals surface area contributed by atoms with Gasteiger partial charge in [0.1, 0.15) is 17.3 Å². The molecular formula is C26H23FN2O4. The maximum atomic E-state index is 13.8. The molecule has 0 bridgehead atoms. The van der Waals surface area contributed by atoms with Crippen LogP contribution < -0.4 is 25.8 Å². The summed E-state index contributed by atoms with van der Waals surface area (Å²) in [5.74, 6) is -0.119. The fourth-order valence-corrected chi connectivity index (χ4v) is 3.71. The second kappa shape index (κ2) is 9.16. The lowest BCUT2D eigenvalue weighted by molar-refractivity contribution is 0.415. The van der Waals surface area contributed by atoms with E-state index in [1.165, 1.54) is 12.1 Å². The van der Waals surface area contributed by atoms with Crippen molar-refractivity contribution >= 4 is 22.7 Å². The molecule has 168 valence electrons. The molecule has 0 aliphatic rings. The third-order valence-electron chi connectivity index (χ3n) is 5.57. The van der Waals surface area contributed by atoms with E-state index >= 15 is 0 Å². The van der Waals surface area contributed by atoms with E-state index in [-0.39, 0.29) is 17.4 Å². The minimum absolute atomic E-state index is 0.00278. The summed E-state index contributed by atoms with van der Waals surface area (Å²) in [6.45, 7) is 2.57. The average Bonchev–Trinajstić information content (AvgIpc) is 2.85. The smallest absolute Gasteiger partial charge is 0.271 e. The number of benzene rings is 3. The summed E-state index contributed by atoms with van der Waals surface area (Å²) in [7, 11) is 1.60. The Balaban J connectivity index is 1.68. The first-order valence-electron chi connectivity index (χ1n) is 10.4. The zero-order valence-corrected chi connectivity index (χ0v) is 18.2. The first-order valence-corrected chi connectivity index (χ1v) is 10.4. The molecule has 4 aromatic carbocycles. The summed E-state index contributed by atoms with van der Waals surface area (Å²) in [6.07, 6.45) is 0. The van der Waals surface area contributed by atoms with Crippen molar-refractivity contribution in [3.63, 3.8) is 0 Å². The monoisotopic (exact) mass is 446 g/mol. The van der Waals surface area contributed by atoms with Gasteiger partial charge < -0.3 is 20.1 Å². The highest BCUT2D eigenvalue weighted by molar-refractivity contribution is 5.74. The molecule has 0 radical (unpaired) electrons. The van der Waals surface area contributed by atoms with Gasteiger partial charge in [-0.1, -0.05) is 25.1 Å². The highest BCUT2D eigenvalue weighted by atomic mass is 19.1. The third-order valence-corrected chi connectivity index (χ3v) is 5.57. The van der Waals surface area contributed by atoms with Crippen LogP contribution in [0.5, 0.6) is 11.5 Å². The number of rotatable bonds is 8. The Kier molecular flexibility index (Phi) is 6.13. The van der Waals surface area contributed by atoms with Crippen LogP contribution in [0.2, 0.25) is 0 Å². The molecule has 4 aromatic rings. The number of nitrogens with one attached hydrogen (secondary N) is 1. The normalized spacial score (nSPS) is 11.8. The minimum Gasteiger partial charge on any atom is -0.502 e. The summed E-state index contributed by atoms with van der Waals surface area (Å²) in [4.78, 5) is 25.1. The van der Waals surface area contributed by atoms with E-state index in [1.54, 1.807) is 19.2 Å². The largest absolute Gasteiger partial charge is 0.502 e. The van der Waals surface area contributed by atoms with Crippen molar-refractivity contribution in [3.8, 4) is 11.5 Å². The van der Waals surface area contributed by atoms with Crippen molar-refractivity contribution in [3.05, 3.63) is 105 Å². The minimum atomic E-state index is -0.891. The molecule has 0 saturated heterocycles. The zero-order chi connectivity index (χ0) is 23.5. The van der Waals surface area contributed by atoms with Gasteiger partial charge in [0.2, 0.25) is 0 Å². The molecule has 2 N–H and O–H groups in total. The lowest BCUT2D eigenvalue weighted by Gasteiger charge is -2.29. The molecular weight excluding hydrogens is 423 g/mol. The Hall–Kier alpha value is -4.13. The fourth-order valence-electron chi connectivity index (χ4n) is 3.71. The lowest BCUT2D eigenvalue weighted by atomic mass is 9.99. The second-order valence-electron chi connectivity index (χ2n) is 7.82. The summed E-state index contributed by atoms with van der Waals surface area (Å²) >= 11 is 0. The van der Waals surface area contributed by atoms with Crippen LogP contribution in [0.3, 0.4) is 0 Å². The average molecular weight is 446 g/mol. The predicted octanol–water partition coefficient (Wildman–Crippen LogP) is 4.82. The van der Waals surface area contributed by atoms with Crippen molar-refractivity contribution < 1.29 is 14.2 Å². The highest BCUT2D eigenvalue weighted by Gasteiger charge is 2.21. The Morgan fingerprint density at radius 1 is 0.970 bits per heavy atom. The van der Waals surface area contributed by atoms with E-state index < -0.39 is 16.6 Å². The van der Waals surface area contributed by atoms with E-state index in [4.69, 9.17) is 4.74 Å². The van der Waals surface area contributed by atoms with Gasteiger partial charge in [-0.2, -0.15) is 0 Å².